The fourth-order valence-corrected chi connectivity index (χ4v) is 2.21. The zero-order valence-electron chi connectivity index (χ0n) is 12.0. The lowest BCUT2D eigenvalue weighted by Crippen LogP contribution is -2.13. The van der Waals surface area contributed by atoms with Gasteiger partial charge in [-0.3, -0.25) is 4.57 Å². The van der Waals surface area contributed by atoms with Crippen LogP contribution in [0.4, 0.5) is 0 Å². The Balaban J connectivity index is 2.00. The molecule has 2 aromatic carbocycles. The van der Waals surface area contributed by atoms with Crippen molar-refractivity contribution in [1.29, 1.82) is 0 Å². The number of hydrogen-bond acceptors (Lipinski definition) is 2. The summed E-state index contributed by atoms with van der Waals surface area (Å²) in [5.41, 5.74) is 3.59. The topological polar surface area (TPSA) is 47.0 Å². The van der Waals surface area contributed by atoms with Gasteiger partial charge in [0.05, 0.1) is 18.5 Å². The number of ether oxygens (including phenoxy) is 1. The third kappa shape index (κ3) is 2.60. The fourth-order valence-electron chi connectivity index (χ4n) is 2.21. The van der Waals surface area contributed by atoms with Crippen molar-refractivity contribution in [2.24, 2.45) is 0 Å². The van der Waals surface area contributed by atoms with Crippen LogP contribution in [0.1, 0.15) is 5.56 Å². The SMILES string of the molecule is COc1ccc(-c2cn(-c3ccc(C)cc3)c(=O)[nH]2)cc1. The number of aryl methyl sites for hydroxylation is 1. The molecule has 1 aromatic heterocycles. The molecule has 21 heavy (non-hydrogen) atoms. The van der Waals surface area contributed by atoms with Crippen molar-refractivity contribution >= 4 is 0 Å². The molecule has 3 aromatic rings. The normalized spacial score (nSPS) is 10.6. The monoisotopic (exact) mass is 280 g/mol. The van der Waals surface area contributed by atoms with Gasteiger partial charge in [0.15, 0.2) is 0 Å². The van der Waals surface area contributed by atoms with Crippen LogP contribution in [0.3, 0.4) is 0 Å². The van der Waals surface area contributed by atoms with Gasteiger partial charge in [-0.05, 0) is 48.9 Å². The van der Waals surface area contributed by atoms with E-state index in [1.54, 1.807) is 11.7 Å². The molecule has 1 heterocycles. The lowest BCUT2D eigenvalue weighted by atomic mass is 10.1. The van der Waals surface area contributed by atoms with E-state index in [9.17, 15) is 4.79 Å². The minimum Gasteiger partial charge on any atom is -0.497 e. The summed E-state index contributed by atoms with van der Waals surface area (Å²) < 4.78 is 6.75. The first kappa shape index (κ1) is 13.2. The van der Waals surface area contributed by atoms with E-state index in [1.807, 2.05) is 61.7 Å². The van der Waals surface area contributed by atoms with Crippen LogP contribution in [-0.4, -0.2) is 16.7 Å². The van der Waals surface area contributed by atoms with Crippen molar-refractivity contribution in [2.75, 3.05) is 7.11 Å². The van der Waals surface area contributed by atoms with E-state index in [1.165, 1.54) is 0 Å². The molecular formula is C17H16N2O2. The van der Waals surface area contributed by atoms with Gasteiger partial charge in [0.2, 0.25) is 0 Å². The summed E-state index contributed by atoms with van der Waals surface area (Å²) in [6.07, 6.45) is 1.81. The number of aromatic nitrogens is 2. The molecule has 0 aliphatic heterocycles. The molecule has 0 aliphatic rings. The third-order valence-corrected chi connectivity index (χ3v) is 3.43. The van der Waals surface area contributed by atoms with Crippen LogP contribution < -0.4 is 10.4 Å². The van der Waals surface area contributed by atoms with Gasteiger partial charge >= 0.3 is 5.69 Å². The predicted octanol–water partition coefficient (Wildman–Crippen LogP) is 3.15. The molecule has 0 spiro atoms. The van der Waals surface area contributed by atoms with Gasteiger partial charge in [0.1, 0.15) is 5.75 Å². The Labute approximate surface area is 122 Å². The second kappa shape index (κ2) is 5.32. The third-order valence-electron chi connectivity index (χ3n) is 3.43. The molecule has 0 atom stereocenters. The first-order valence-corrected chi connectivity index (χ1v) is 6.70. The number of H-pyrrole nitrogens is 1. The summed E-state index contributed by atoms with van der Waals surface area (Å²) >= 11 is 0. The summed E-state index contributed by atoms with van der Waals surface area (Å²) in [6.45, 7) is 2.02. The van der Waals surface area contributed by atoms with Crippen molar-refractivity contribution in [3.05, 3.63) is 70.8 Å². The Kier molecular flexibility index (Phi) is 3.36. The van der Waals surface area contributed by atoms with Gasteiger partial charge in [0.25, 0.3) is 0 Å². The molecule has 4 nitrogen and oxygen atoms in total. The number of methoxy groups -OCH3 is 1. The highest BCUT2D eigenvalue weighted by Crippen LogP contribution is 2.20. The summed E-state index contributed by atoms with van der Waals surface area (Å²) in [6, 6.07) is 15.4. The molecule has 3 rings (SSSR count). The zero-order chi connectivity index (χ0) is 14.8. The molecule has 4 heteroatoms. The molecular weight excluding hydrogens is 264 g/mol. The number of benzene rings is 2. The minimum atomic E-state index is -0.148. The van der Waals surface area contributed by atoms with E-state index in [0.29, 0.717) is 0 Å². The average Bonchev–Trinajstić information content (AvgIpc) is 2.90. The van der Waals surface area contributed by atoms with E-state index in [4.69, 9.17) is 4.74 Å². The minimum absolute atomic E-state index is 0.148. The quantitative estimate of drug-likeness (QED) is 0.801. The second-order valence-corrected chi connectivity index (χ2v) is 4.91. The number of imidazole rings is 1. The summed E-state index contributed by atoms with van der Waals surface area (Å²) in [5.74, 6) is 0.791. The van der Waals surface area contributed by atoms with Crippen molar-refractivity contribution in [3.63, 3.8) is 0 Å². The summed E-state index contributed by atoms with van der Waals surface area (Å²) in [4.78, 5) is 15.0. The second-order valence-electron chi connectivity index (χ2n) is 4.91. The van der Waals surface area contributed by atoms with E-state index >= 15 is 0 Å². The van der Waals surface area contributed by atoms with Crippen LogP contribution in [0, 0.1) is 6.92 Å². The van der Waals surface area contributed by atoms with Gasteiger partial charge in [-0.15, -0.1) is 0 Å². The van der Waals surface area contributed by atoms with Crippen LogP contribution in [0.15, 0.2) is 59.5 Å². The van der Waals surface area contributed by atoms with Crippen molar-refractivity contribution in [3.8, 4) is 22.7 Å². The van der Waals surface area contributed by atoms with Gasteiger partial charge in [-0.2, -0.15) is 0 Å². The Morgan fingerprint density at radius 2 is 1.67 bits per heavy atom. The Morgan fingerprint density at radius 3 is 2.29 bits per heavy atom. The molecule has 1 N–H and O–H groups in total. The molecule has 106 valence electrons. The Morgan fingerprint density at radius 1 is 1.00 bits per heavy atom. The van der Waals surface area contributed by atoms with Crippen molar-refractivity contribution in [2.45, 2.75) is 6.92 Å². The lowest BCUT2D eigenvalue weighted by Gasteiger charge is -2.02. The van der Waals surface area contributed by atoms with E-state index in [2.05, 4.69) is 4.98 Å². The fraction of sp³-hybridized carbons (Fsp3) is 0.118. The molecule has 0 saturated heterocycles. The predicted molar refractivity (Wildman–Crippen MR) is 83.1 cm³/mol. The standard InChI is InChI=1S/C17H16N2O2/c1-12-3-7-14(8-4-12)19-11-16(18-17(19)20)13-5-9-15(21-2)10-6-13/h3-11H,1-2H3,(H,18,20). The van der Waals surface area contributed by atoms with Crippen LogP contribution in [0.25, 0.3) is 16.9 Å². The first-order valence-electron chi connectivity index (χ1n) is 6.70. The first-order chi connectivity index (χ1) is 10.2. The van der Waals surface area contributed by atoms with Gasteiger partial charge in [-0.1, -0.05) is 17.7 Å². The van der Waals surface area contributed by atoms with Crippen molar-refractivity contribution in [1.82, 2.24) is 9.55 Å². The highest BCUT2D eigenvalue weighted by molar-refractivity contribution is 5.60. The molecule has 0 saturated carbocycles. The number of nitrogens with zero attached hydrogens (tertiary/aromatic N) is 1. The van der Waals surface area contributed by atoms with Crippen LogP contribution >= 0.6 is 0 Å². The maximum Gasteiger partial charge on any atom is 0.330 e. The molecule has 0 amide bonds. The van der Waals surface area contributed by atoms with E-state index in [-0.39, 0.29) is 5.69 Å². The lowest BCUT2D eigenvalue weighted by molar-refractivity contribution is 0.415. The highest BCUT2D eigenvalue weighted by Gasteiger charge is 2.07. The van der Waals surface area contributed by atoms with Crippen LogP contribution in [0.5, 0.6) is 5.75 Å². The average molecular weight is 280 g/mol. The largest absolute Gasteiger partial charge is 0.497 e. The van der Waals surface area contributed by atoms with Crippen LogP contribution in [-0.2, 0) is 0 Å². The number of rotatable bonds is 3. The number of nitrogens with one attached hydrogen (secondary N) is 1. The zero-order valence-corrected chi connectivity index (χ0v) is 12.0. The number of hydrogen-bond donors (Lipinski definition) is 1. The smallest absolute Gasteiger partial charge is 0.330 e. The molecule has 0 bridgehead atoms. The van der Waals surface area contributed by atoms with Gasteiger partial charge < -0.3 is 9.72 Å². The summed E-state index contributed by atoms with van der Waals surface area (Å²) in [7, 11) is 1.63. The van der Waals surface area contributed by atoms with E-state index < -0.39 is 0 Å². The molecule has 0 fully saturated rings. The van der Waals surface area contributed by atoms with Gasteiger partial charge in [-0.25, -0.2) is 4.79 Å². The molecule has 0 unspecified atom stereocenters. The Bertz CT molecular complexity index is 796. The van der Waals surface area contributed by atoms with Crippen LogP contribution in [0.2, 0.25) is 0 Å². The Hall–Kier alpha value is -2.75. The maximum atomic E-state index is 12.1. The molecule has 0 aliphatic carbocycles. The van der Waals surface area contributed by atoms with Gasteiger partial charge in [0, 0.05) is 6.20 Å². The molecule has 0 radical (unpaired) electrons. The van der Waals surface area contributed by atoms with E-state index in [0.717, 1.165) is 28.3 Å². The van der Waals surface area contributed by atoms with Crippen molar-refractivity contribution < 1.29 is 4.74 Å². The summed E-state index contributed by atoms with van der Waals surface area (Å²) in [5, 5.41) is 0. The highest BCUT2D eigenvalue weighted by atomic mass is 16.5. The number of aromatic amines is 1. The maximum absolute atomic E-state index is 12.1.